The summed E-state index contributed by atoms with van der Waals surface area (Å²) < 4.78 is 6.56. The summed E-state index contributed by atoms with van der Waals surface area (Å²) in [6.07, 6.45) is 0. The Morgan fingerprint density at radius 2 is 2.16 bits per heavy atom. The van der Waals surface area contributed by atoms with Gasteiger partial charge < -0.3 is 9.73 Å². The Morgan fingerprint density at radius 1 is 1.47 bits per heavy atom. The molecule has 1 N–H and O–H groups in total. The first kappa shape index (κ1) is 13.4. The zero-order valence-corrected chi connectivity index (χ0v) is 11.5. The Hall–Kier alpha value is -2.06. The van der Waals surface area contributed by atoms with Crippen molar-refractivity contribution in [2.75, 3.05) is 7.05 Å². The van der Waals surface area contributed by atoms with Gasteiger partial charge in [0, 0.05) is 7.05 Å². The smallest absolute Gasteiger partial charge is 0.408 e. The zero-order chi connectivity index (χ0) is 14.2. The van der Waals surface area contributed by atoms with Gasteiger partial charge in [0.15, 0.2) is 5.58 Å². The summed E-state index contributed by atoms with van der Waals surface area (Å²) in [4.78, 5) is 11.5. The van der Waals surface area contributed by atoms with Crippen LogP contribution >= 0.6 is 0 Å². The molecule has 1 atom stereocenters. The lowest BCUT2D eigenvalue weighted by Gasteiger charge is -2.28. The van der Waals surface area contributed by atoms with Crippen molar-refractivity contribution in [2.45, 2.75) is 19.9 Å². The number of nitrogens with zero attached hydrogens (tertiary/aromatic N) is 2. The fourth-order valence-electron chi connectivity index (χ4n) is 2.33. The molecule has 2 rings (SSSR count). The number of hydrogen-bond donors (Lipinski definition) is 1. The summed E-state index contributed by atoms with van der Waals surface area (Å²) in [5, 5.41) is 12.4. The van der Waals surface area contributed by atoms with E-state index in [0.717, 1.165) is 11.1 Å². The number of benzene rings is 1. The van der Waals surface area contributed by atoms with Crippen LogP contribution in [0.5, 0.6) is 0 Å². The quantitative estimate of drug-likeness (QED) is 0.914. The highest BCUT2D eigenvalue weighted by Crippen LogP contribution is 2.33. The minimum Gasteiger partial charge on any atom is -0.408 e. The van der Waals surface area contributed by atoms with Crippen molar-refractivity contribution >= 4 is 11.1 Å². The number of oxazole rings is 1. The number of nitrogens with one attached hydrogen (secondary N) is 1. The topological polar surface area (TPSA) is 71.0 Å². The Balaban J connectivity index is 2.60. The SMILES string of the molecule is CNC(c1ccc2oc(=O)n(C)c2c1)C(C)(C)C#N. The Kier molecular flexibility index (Phi) is 3.21. The molecule has 0 amide bonds. The van der Waals surface area contributed by atoms with Gasteiger partial charge in [0.1, 0.15) is 0 Å². The average Bonchev–Trinajstić information content (AvgIpc) is 2.66. The van der Waals surface area contributed by atoms with Crippen molar-refractivity contribution in [1.29, 1.82) is 5.26 Å². The lowest BCUT2D eigenvalue weighted by atomic mass is 9.82. The fourth-order valence-corrected chi connectivity index (χ4v) is 2.33. The fraction of sp³-hybridized carbons (Fsp3) is 0.429. The highest BCUT2D eigenvalue weighted by atomic mass is 16.4. The first-order chi connectivity index (χ1) is 8.90. The highest BCUT2D eigenvalue weighted by molar-refractivity contribution is 5.74. The number of rotatable bonds is 3. The van der Waals surface area contributed by atoms with Gasteiger partial charge in [-0.1, -0.05) is 6.07 Å². The van der Waals surface area contributed by atoms with Gasteiger partial charge in [0.25, 0.3) is 0 Å². The monoisotopic (exact) mass is 259 g/mol. The second kappa shape index (κ2) is 4.56. The van der Waals surface area contributed by atoms with Crippen LogP contribution < -0.4 is 11.1 Å². The first-order valence-electron chi connectivity index (χ1n) is 6.08. The van der Waals surface area contributed by atoms with Crippen LogP contribution in [0.15, 0.2) is 27.4 Å². The number of aryl methyl sites for hydroxylation is 1. The van der Waals surface area contributed by atoms with Gasteiger partial charge in [-0.3, -0.25) is 4.57 Å². The largest absolute Gasteiger partial charge is 0.419 e. The summed E-state index contributed by atoms with van der Waals surface area (Å²) >= 11 is 0. The molecule has 100 valence electrons. The molecule has 0 aliphatic heterocycles. The second-order valence-electron chi connectivity index (χ2n) is 5.21. The van der Waals surface area contributed by atoms with Crippen molar-refractivity contribution in [3.63, 3.8) is 0 Å². The number of aromatic nitrogens is 1. The molecule has 1 heterocycles. The lowest BCUT2D eigenvalue weighted by molar-refractivity contribution is 0.344. The molecule has 0 saturated heterocycles. The molecule has 0 fully saturated rings. The summed E-state index contributed by atoms with van der Waals surface area (Å²) in [5.74, 6) is -0.382. The maximum absolute atomic E-state index is 11.5. The van der Waals surface area contributed by atoms with Gasteiger partial charge in [-0.25, -0.2) is 4.79 Å². The third kappa shape index (κ3) is 2.15. The van der Waals surface area contributed by atoms with Crippen LogP contribution in [0.2, 0.25) is 0 Å². The van der Waals surface area contributed by atoms with Crippen molar-refractivity contribution < 1.29 is 4.42 Å². The van der Waals surface area contributed by atoms with Gasteiger partial charge in [-0.05, 0) is 38.6 Å². The predicted octanol–water partition coefficient (Wildman–Crippen LogP) is 1.94. The van der Waals surface area contributed by atoms with Crippen LogP contribution in [0.25, 0.3) is 11.1 Å². The van der Waals surface area contributed by atoms with Crippen molar-refractivity contribution in [3.05, 3.63) is 34.3 Å². The molecule has 0 aliphatic carbocycles. The predicted molar refractivity (Wildman–Crippen MR) is 72.6 cm³/mol. The van der Waals surface area contributed by atoms with Gasteiger partial charge in [0.05, 0.1) is 23.0 Å². The van der Waals surface area contributed by atoms with E-state index in [0.29, 0.717) is 5.58 Å². The van der Waals surface area contributed by atoms with E-state index in [2.05, 4.69) is 11.4 Å². The highest BCUT2D eigenvalue weighted by Gasteiger charge is 2.30. The zero-order valence-electron chi connectivity index (χ0n) is 11.5. The Morgan fingerprint density at radius 3 is 2.74 bits per heavy atom. The molecule has 19 heavy (non-hydrogen) atoms. The average molecular weight is 259 g/mol. The third-order valence-corrected chi connectivity index (χ3v) is 3.45. The summed E-state index contributed by atoms with van der Waals surface area (Å²) in [6.45, 7) is 3.76. The molecule has 1 unspecified atom stereocenters. The normalized spacial score (nSPS) is 13.4. The molecule has 0 radical (unpaired) electrons. The lowest BCUT2D eigenvalue weighted by Crippen LogP contribution is -2.30. The minimum absolute atomic E-state index is 0.119. The molecule has 0 aliphatic rings. The third-order valence-electron chi connectivity index (χ3n) is 3.45. The number of nitriles is 1. The van der Waals surface area contributed by atoms with E-state index in [1.165, 1.54) is 4.57 Å². The van der Waals surface area contributed by atoms with Crippen LogP contribution in [-0.2, 0) is 7.05 Å². The van der Waals surface area contributed by atoms with Gasteiger partial charge in [-0.2, -0.15) is 5.26 Å². The summed E-state index contributed by atoms with van der Waals surface area (Å²) in [5.41, 5.74) is 1.70. The van der Waals surface area contributed by atoms with E-state index in [1.807, 2.05) is 33.0 Å². The molecule has 5 nitrogen and oxygen atoms in total. The molecule has 5 heteroatoms. The maximum atomic E-state index is 11.5. The van der Waals surface area contributed by atoms with Crippen LogP contribution in [-0.4, -0.2) is 11.6 Å². The van der Waals surface area contributed by atoms with E-state index in [-0.39, 0.29) is 11.8 Å². The van der Waals surface area contributed by atoms with Crippen LogP contribution in [0, 0.1) is 16.7 Å². The van der Waals surface area contributed by atoms with Gasteiger partial charge in [-0.15, -0.1) is 0 Å². The minimum atomic E-state index is -0.551. The standard InChI is InChI=1S/C14H17N3O2/c1-14(2,8-15)12(16-3)9-5-6-11-10(7-9)17(4)13(18)19-11/h5-7,12,16H,1-4H3. The van der Waals surface area contributed by atoms with Gasteiger partial charge >= 0.3 is 5.76 Å². The molecule has 0 bridgehead atoms. The van der Waals surface area contributed by atoms with Crippen LogP contribution in [0.1, 0.15) is 25.5 Å². The number of hydrogen-bond acceptors (Lipinski definition) is 4. The molecule has 2 aromatic rings. The van der Waals surface area contributed by atoms with Crippen molar-refractivity contribution in [3.8, 4) is 6.07 Å². The van der Waals surface area contributed by atoms with E-state index >= 15 is 0 Å². The molecule has 0 saturated carbocycles. The maximum Gasteiger partial charge on any atom is 0.419 e. The van der Waals surface area contributed by atoms with Crippen molar-refractivity contribution in [1.82, 2.24) is 9.88 Å². The van der Waals surface area contributed by atoms with E-state index in [9.17, 15) is 10.1 Å². The molecular weight excluding hydrogens is 242 g/mol. The first-order valence-corrected chi connectivity index (χ1v) is 6.08. The second-order valence-corrected chi connectivity index (χ2v) is 5.21. The van der Waals surface area contributed by atoms with Gasteiger partial charge in [0.2, 0.25) is 0 Å². The summed E-state index contributed by atoms with van der Waals surface area (Å²) in [6, 6.07) is 7.72. The van der Waals surface area contributed by atoms with Crippen molar-refractivity contribution in [2.24, 2.45) is 12.5 Å². The Bertz CT molecular complexity index is 704. The number of fused-ring (bicyclic) bond motifs is 1. The molecular formula is C14H17N3O2. The Labute approximate surface area is 111 Å². The van der Waals surface area contributed by atoms with E-state index in [1.54, 1.807) is 13.1 Å². The molecule has 0 spiro atoms. The van der Waals surface area contributed by atoms with E-state index in [4.69, 9.17) is 4.42 Å². The van der Waals surface area contributed by atoms with Crippen LogP contribution in [0.4, 0.5) is 0 Å². The van der Waals surface area contributed by atoms with Crippen LogP contribution in [0.3, 0.4) is 0 Å². The molecule has 1 aromatic heterocycles. The van der Waals surface area contributed by atoms with E-state index < -0.39 is 5.41 Å². The molecule has 1 aromatic carbocycles. The summed E-state index contributed by atoms with van der Waals surface area (Å²) in [7, 11) is 3.49.